The van der Waals surface area contributed by atoms with Gasteiger partial charge in [0.25, 0.3) is 5.91 Å². The van der Waals surface area contributed by atoms with Crippen molar-refractivity contribution in [2.24, 2.45) is 0 Å². The number of nitrogens with one attached hydrogen (secondary N) is 1. The number of hydrogen-bond acceptors (Lipinski definition) is 4. The molecule has 0 saturated carbocycles. The van der Waals surface area contributed by atoms with Crippen LogP contribution in [0.15, 0.2) is 24.5 Å². The third kappa shape index (κ3) is 2.81. The molecule has 0 bridgehead atoms. The lowest BCUT2D eigenvalue weighted by Gasteiger charge is -2.31. The van der Waals surface area contributed by atoms with Gasteiger partial charge in [0.15, 0.2) is 0 Å². The summed E-state index contributed by atoms with van der Waals surface area (Å²) in [6.45, 7) is 3.44. The molecule has 116 valence electrons. The Morgan fingerprint density at radius 3 is 2.77 bits per heavy atom. The first-order valence-electron chi connectivity index (χ1n) is 7.48. The quantitative estimate of drug-likeness (QED) is 0.942. The highest BCUT2D eigenvalue weighted by Crippen LogP contribution is 2.27. The molecule has 1 amide bonds. The molecule has 1 aromatic heterocycles. The van der Waals surface area contributed by atoms with Crippen LogP contribution >= 0.6 is 0 Å². The van der Waals surface area contributed by atoms with Gasteiger partial charge in [-0.05, 0) is 37.5 Å². The van der Waals surface area contributed by atoms with Crippen LogP contribution in [-0.4, -0.2) is 46.2 Å². The standard InChI is InChI=1S/C16H20N4O2/c1-11-3-4-13(9-14(11)22-2)16(21)20-7-5-12(6-8-20)15-17-10-18-19-15/h3-4,9-10,12H,5-8H2,1-2H3,(H,17,18,19). The van der Waals surface area contributed by atoms with Gasteiger partial charge in [-0.2, -0.15) is 5.10 Å². The molecule has 22 heavy (non-hydrogen) atoms. The normalized spacial score (nSPS) is 15.8. The van der Waals surface area contributed by atoms with Gasteiger partial charge in [-0.25, -0.2) is 4.98 Å². The molecule has 0 radical (unpaired) electrons. The number of nitrogens with zero attached hydrogens (tertiary/aromatic N) is 3. The fourth-order valence-corrected chi connectivity index (χ4v) is 2.90. The highest BCUT2D eigenvalue weighted by molar-refractivity contribution is 5.94. The number of methoxy groups -OCH3 is 1. The van der Waals surface area contributed by atoms with Crippen LogP contribution in [0.2, 0.25) is 0 Å². The van der Waals surface area contributed by atoms with E-state index in [0.29, 0.717) is 11.5 Å². The van der Waals surface area contributed by atoms with E-state index in [0.717, 1.165) is 43.1 Å². The van der Waals surface area contributed by atoms with Crippen LogP contribution < -0.4 is 4.74 Å². The van der Waals surface area contributed by atoms with Gasteiger partial charge in [0.1, 0.15) is 17.9 Å². The number of likely N-dealkylation sites (tertiary alicyclic amines) is 1. The Hall–Kier alpha value is -2.37. The highest BCUT2D eigenvalue weighted by atomic mass is 16.5. The van der Waals surface area contributed by atoms with E-state index in [1.54, 1.807) is 7.11 Å². The Morgan fingerprint density at radius 2 is 2.14 bits per heavy atom. The monoisotopic (exact) mass is 300 g/mol. The second-order valence-electron chi connectivity index (χ2n) is 5.62. The molecule has 1 N–H and O–H groups in total. The lowest BCUT2D eigenvalue weighted by molar-refractivity contribution is 0.0711. The summed E-state index contributed by atoms with van der Waals surface area (Å²) in [4.78, 5) is 18.7. The number of aryl methyl sites for hydroxylation is 1. The van der Waals surface area contributed by atoms with Crippen LogP contribution in [0.5, 0.6) is 5.75 Å². The van der Waals surface area contributed by atoms with Crippen LogP contribution in [0, 0.1) is 6.92 Å². The van der Waals surface area contributed by atoms with Gasteiger partial charge in [0.05, 0.1) is 7.11 Å². The molecule has 0 unspecified atom stereocenters. The molecule has 3 rings (SSSR count). The van der Waals surface area contributed by atoms with Crippen molar-refractivity contribution in [1.29, 1.82) is 0 Å². The molecule has 1 aliphatic rings. The molecule has 2 aromatic rings. The SMILES string of the molecule is COc1cc(C(=O)N2CCC(c3ncn[nH]3)CC2)ccc1C. The number of benzene rings is 1. The van der Waals surface area contributed by atoms with Gasteiger partial charge in [0, 0.05) is 24.6 Å². The average molecular weight is 300 g/mol. The van der Waals surface area contributed by atoms with E-state index in [4.69, 9.17) is 4.74 Å². The van der Waals surface area contributed by atoms with Crippen molar-refractivity contribution in [2.75, 3.05) is 20.2 Å². The summed E-state index contributed by atoms with van der Waals surface area (Å²) in [6, 6.07) is 5.61. The second-order valence-corrected chi connectivity index (χ2v) is 5.62. The molecule has 1 aliphatic heterocycles. The van der Waals surface area contributed by atoms with E-state index in [1.807, 2.05) is 30.0 Å². The number of hydrogen-bond donors (Lipinski definition) is 1. The lowest BCUT2D eigenvalue weighted by atomic mass is 9.95. The first-order chi connectivity index (χ1) is 10.7. The first kappa shape index (κ1) is 14.6. The Labute approximate surface area is 129 Å². The van der Waals surface area contributed by atoms with E-state index >= 15 is 0 Å². The Morgan fingerprint density at radius 1 is 1.36 bits per heavy atom. The van der Waals surface area contributed by atoms with Gasteiger partial charge in [0.2, 0.25) is 0 Å². The van der Waals surface area contributed by atoms with E-state index in [9.17, 15) is 4.79 Å². The summed E-state index contributed by atoms with van der Waals surface area (Å²) in [6.07, 6.45) is 3.35. The van der Waals surface area contributed by atoms with Crippen molar-refractivity contribution in [3.8, 4) is 5.75 Å². The zero-order valence-electron chi connectivity index (χ0n) is 12.9. The maximum Gasteiger partial charge on any atom is 0.253 e. The van der Waals surface area contributed by atoms with E-state index < -0.39 is 0 Å². The summed E-state index contributed by atoms with van der Waals surface area (Å²) in [5.41, 5.74) is 1.71. The summed E-state index contributed by atoms with van der Waals surface area (Å²) in [5.74, 6) is 2.10. The third-order valence-corrected chi connectivity index (χ3v) is 4.26. The molecular formula is C16H20N4O2. The predicted molar refractivity (Wildman–Crippen MR) is 82.0 cm³/mol. The lowest BCUT2D eigenvalue weighted by Crippen LogP contribution is -2.38. The van der Waals surface area contributed by atoms with Gasteiger partial charge < -0.3 is 9.64 Å². The summed E-state index contributed by atoms with van der Waals surface area (Å²) >= 11 is 0. The smallest absolute Gasteiger partial charge is 0.253 e. The van der Waals surface area contributed by atoms with Crippen LogP contribution in [0.4, 0.5) is 0 Å². The van der Waals surface area contributed by atoms with Crippen molar-refractivity contribution >= 4 is 5.91 Å². The average Bonchev–Trinajstić information content (AvgIpc) is 3.09. The molecule has 1 fully saturated rings. The highest BCUT2D eigenvalue weighted by Gasteiger charge is 2.26. The number of piperidine rings is 1. The molecule has 0 aliphatic carbocycles. The topological polar surface area (TPSA) is 71.1 Å². The van der Waals surface area contributed by atoms with Gasteiger partial charge in [-0.3, -0.25) is 9.89 Å². The zero-order chi connectivity index (χ0) is 15.5. The number of aromatic nitrogens is 3. The van der Waals surface area contributed by atoms with Crippen molar-refractivity contribution in [2.45, 2.75) is 25.7 Å². The molecule has 1 saturated heterocycles. The Bertz CT molecular complexity index is 646. The summed E-state index contributed by atoms with van der Waals surface area (Å²) < 4.78 is 5.30. The number of ether oxygens (including phenoxy) is 1. The minimum atomic E-state index is 0.0642. The number of carbonyl (C=O) groups excluding carboxylic acids is 1. The number of aromatic amines is 1. The third-order valence-electron chi connectivity index (χ3n) is 4.26. The first-order valence-corrected chi connectivity index (χ1v) is 7.48. The van der Waals surface area contributed by atoms with Gasteiger partial charge in [-0.1, -0.05) is 6.07 Å². The van der Waals surface area contributed by atoms with Crippen LogP contribution in [0.3, 0.4) is 0 Å². The summed E-state index contributed by atoms with van der Waals surface area (Å²) in [5, 5.41) is 6.82. The van der Waals surface area contributed by atoms with Gasteiger partial charge >= 0.3 is 0 Å². The van der Waals surface area contributed by atoms with Crippen molar-refractivity contribution < 1.29 is 9.53 Å². The maximum atomic E-state index is 12.6. The van der Waals surface area contributed by atoms with Crippen LogP contribution in [0.1, 0.15) is 40.5 Å². The van der Waals surface area contributed by atoms with E-state index in [-0.39, 0.29) is 5.91 Å². The second kappa shape index (κ2) is 6.17. The Balaban J connectivity index is 1.67. The van der Waals surface area contributed by atoms with Crippen molar-refractivity contribution in [3.63, 3.8) is 0 Å². The molecule has 6 heteroatoms. The van der Waals surface area contributed by atoms with Crippen molar-refractivity contribution in [3.05, 3.63) is 41.5 Å². The largest absolute Gasteiger partial charge is 0.496 e. The number of carbonyl (C=O) groups is 1. The molecule has 1 aromatic carbocycles. The number of H-pyrrole nitrogens is 1. The van der Waals surface area contributed by atoms with E-state index in [1.165, 1.54) is 6.33 Å². The molecular weight excluding hydrogens is 280 g/mol. The predicted octanol–water partition coefficient (Wildman–Crippen LogP) is 2.14. The van der Waals surface area contributed by atoms with E-state index in [2.05, 4.69) is 15.2 Å². The summed E-state index contributed by atoms with van der Waals surface area (Å²) in [7, 11) is 1.62. The van der Waals surface area contributed by atoms with Crippen LogP contribution in [0.25, 0.3) is 0 Å². The minimum absolute atomic E-state index is 0.0642. The Kier molecular flexibility index (Phi) is 4.09. The molecule has 0 spiro atoms. The van der Waals surface area contributed by atoms with Crippen molar-refractivity contribution in [1.82, 2.24) is 20.1 Å². The molecule has 0 atom stereocenters. The number of rotatable bonds is 3. The molecule has 2 heterocycles. The zero-order valence-corrected chi connectivity index (χ0v) is 12.9. The fraction of sp³-hybridized carbons (Fsp3) is 0.438. The van der Waals surface area contributed by atoms with Crippen LogP contribution in [-0.2, 0) is 0 Å². The fourth-order valence-electron chi connectivity index (χ4n) is 2.90. The number of amides is 1. The maximum absolute atomic E-state index is 12.6. The van der Waals surface area contributed by atoms with Gasteiger partial charge in [-0.15, -0.1) is 0 Å². The minimum Gasteiger partial charge on any atom is -0.496 e. The molecule has 6 nitrogen and oxygen atoms in total.